The Morgan fingerprint density at radius 2 is 1.70 bits per heavy atom. The largest absolute Gasteiger partial charge is 0.309 e. The van der Waals surface area contributed by atoms with E-state index < -0.39 is 0 Å². The number of benzene rings is 2. The van der Waals surface area contributed by atoms with Crippen LogP contribution in [0.25, 0.3) is 32.6 Å². The molecule has 0 aliphatic rings. The highest BCUT2D eigenvalue weighted by Gasteiger charge is 2.11. The lowest BCUT2D eigenvalue weighted by molar-refractivity contribution is 0.920. The number of hydrogen-bond donors (Lipinski definition) is 0. The maximum Gasteiger partial charge on any atom is 0.258 e. The van der Waals surface area contributed by atoms with E-state index in [1.165, 1.54) is 0 Å². The first-order valence-corrected chi connectivity index (χ1v) is 6.52. The highest BCUT2D eigenvalue weighted by molar-refractivity contribution is 6.13. The van der Waals surface area contributed by atoms with Crippen LogP contribution in [0.5, 0.6) is 0 Å². The molecule has 2 heterocycles. The Balaban J connectivity index is 2.43. The van der Waals surface area contributed by atoms with Crippen molar-refractivity contribution in [3.63, 3.8) is 0 Å². The first kappa shape index (κ1) is 11.2. The Morgan fingerprint density at radius 3 is 2.55 bits per heavy atom. The average Bonchev–Trinajstić information content (AvgIpc) is 2.51. The Kier molecular flexibility index (Phi) is 2.18. The fraction of sp³-hybridized carbons (Fsp3) is 0.0588. The molecule has 3 heteroatoms. The van der Waals surface area contributed by atoms with Gasteiger partial charge in [-0.3, -0.25) is 9.78 Å². The number of rotatable bonds is 0. The summed E-state index contributed by atoms with van der Waals surface area (Å²) in [5, 5.41) is 3.84. The van der Waals surface area contributed by atoms with Crippen LogP contribution in [-0.2, 0) is 7.05 Å². The van der Waals surface area contributed by atoms with Crippen molar-refractivity contribution in [2.24, 2.45) is 7.05 Å². The van der Waals surface area contributed by atoms with Crippen molar-refractivity contribution in [3.8, 4) is 0 Å². The molecule has 2 aromatic carbocycles. The van der Waals surface area contributed by atoms with E-state index in [1.807, 2.05) is 43.4 Å². The van der Waals surface area contributed by atoms with Gasteiger partial charge in [0.2, 0.25) is 0 Å². The molecular weight excluding hydrogens is 248 g/mol. The van der Waals surface area contributed by atoms with E-state index in [0.29, 0.717) is 0 Å². The molecule has 0 aliphatic heterocycles. The standard InChI is InChI=1S/C17H12N2O/c1-19-16-13(9-8-11-5-4-10-18-15(11)16)12-6-2-3-7-14(12)17(19)20/h2-10H,1H3. The van der Waals surface area contributed by atoms with Gasteiger partial charge in [0.15, 0.2) is 0 Å². The van der Waals surface area contributed by atoms with Crippen molar-refractivity contribution in [2.45, 2.75) is 0 Å². The molecule has 0 N–H and O–H groups in total. The highest BCUT2D eigenvalue weighted by Crippen LogP contribution is 2.27. The Bertz CT molecular complexity index is 1030. The van der Waals surface area contributed by atoms with Crippen molar-refractivity contribution in [3.05, 3.63) is 65.1 Å². The van der Waals surface area contributed by atoms with Crippen LogP contribution < -0.4 is 5.56 Å². The van der Waals surface area contributed by atoms with Crippen LogP contribution in [0.15, 0.2) is 59.5 Å². The van der Waals surface area contributed by atoms with Crippen LogP contribution in [0.4, 0.5) is 0 Å². The number of nitrogens with zero attached hydrogens (tertiary/aromatic N) is 2. The normalized spacial score (nSPS) is 11.4. The third-order valence-corrected chi connectivity index (χ3v) is 3.84. The van der Waals surface area contributed by atoms with E-state index >= 15 is 0 Å². The molecule has 0 aliphatic carbocycles. The van der Waals surface area contributed by atoms with Crippen molar-refractivity contribution in [1.29, 1.82) is 0 Å². The Hall–Kier alpha value is -2.68. The van der Waals surface area contributed by atoms with Crippen LogP contribution >= 0.6 is 0 Å². The lowest BCUT2D eigenvalue weighted by Gasteiger charge is -2.11. The molecule has 20 heavy (non-hydrogen) atoms. The van der Waals surface area contributed by atoms with Gasteiger partial charge in [0.25, 0.3) is 5.56 Å². The van der Waals surface area contributed by atoms with Gasteiger partial charge in [-0.05, 0) is 17.5 Å². The van der Waals surface area contributed by atoms with E-state index in [2.05, 4.69) is 17.1 Å². The molecular formula is C17H12N2O. The second-order valence-corrected chi connectivity index (χ2v) is 4.95. The second kappa shape index (κ2) is 3.90. The summed E-state index contributed by atoms with van der Waals surface area (Å²) in [5.74, 6) is 0. The highest BCUT2D eigenvalue weighted by atomic mass is 16.1. The lowest BCUT2D eigenvalue weighted by atomic mass is 10.0. The summed E-state index contributed by atoms with van der Waals surface area (Å²) < 4.78 is 1.70. The predicted molar refractivity (Wildman–Crippen MR) is 82.0 cm³/mol. The summed E-state index contributed by atoms with van der Waals surface area (Å²) in [6.45, 7) is 0. The first-order valence-electron chi connectivity index (χ1n) is 6.52. The molecule has 0 amide bonds. The Morgan fingerprint density at radius 1 is 0.900 bits per heavy atom. The second-order valence-electron chi connectivity index (χ2n) is 4.95. The summed E-state index contributed by atoms with van der Waals surface area (Å²) in [5.41, 5.74) is 1.79. The molecule has 0 unspecified atom stereocenters. The minimum absolute atomic E-state index is 0.0197. The molecule has 0 atom stereocenters. The third kappa shape index (κ3) is 1.35. The van der Waals surface area contributed by atoms with E-state index in [9.17, 15) is 4.79 Å². The zero-order valence-corrected chi connectivity index (χ0v) is 11.0. The quantitative estimate of drug-likeness (QED) is 0.455. The van der Waals surface area contributed by atoms with Gasteiger partial charge < -0.3 is 4.57 Å². The molecule has 4 aromatic rings. The average molecular weight is 260 g/mol. The zero-order valence-electron chi connectivity index (χ0n) is 11.0. The zero-order chi connectivity index (χ0) is 13.7. The van der Waals surface area contributed by atoms with Gasteiger partial charge in [0, 0.05) is 29.4 Å². The Labute approximate surface area is 115 Å². The molecule has 0 fully saturated rings. The maximum absolute atomic E-state index is 12.5. The molecule has 0 spiro atoms. The van der Waals surface area contributed by atoms with Crippen LogP contribution in [0.3, 0.4) is 0 Å². The summed E-state index contributed by atoms with van der Waals surface area (Å²) in [7, 11) is 1.81. The van der Waals surface area contributed by atoms with Gasteiger partial charge in [-0.1, -0.05) is 36.4 Å². The fourth-order valence-corrected chi connectivity index (χ4v) is 2.87. The smallest absolute Gasteiger partial charge is 0.258 e. The molecule has 0 saturated heterocycles. The van der Waals surface area contributed by atoms with Gasteiger partial charge in [-0.15, -0.1) is 0 Å². The number of pyridine rings is 2. The fourth-order valence-electron chi connectivity index (χ4n) is 2.87. The van der Waals surface area contributed by atoms with Gasteiger partial charge >= 0.3 is 0 Å². The molecule has 0 radical (unpaired) electrons. The minimum atomic E-state index is 0.0197. The van der Waals surface area contributed by atoms with Crippen molar-refractivity contribution < 1.29 is 0 Å². The number of aromatic nitrogens is 2. The van der Waals surface area contributed by atoms with Crippen molar-refractivity contribution in [1.82, 2.24) is 9.55 Å². The SMILES string of the molecule is Cn1c(=O)c2ccccc2c2ccc3cccnc3c21. The predicted octanol–water partition coefficient (Wildman–Crippen LogP) is 3.24. The lowest BCUT2D eigenvalue weighted by Crippen LogP contribution is -2.17. The van der Waals surface area contributed by atoms with Crippen LogP contribution in [0.1, 0.15) is 0 Å². The first-order chi connectivity index (χ1) is 9.77. The van der Waals surface area contributed by atoms with Gasteiger partial charge in [0.05, 0.1) is 11.0 Å². The van der Waals surface area contributed by atoms with Crippen LogP contribution in [0, 0.1) is 0 Å². The molecule has 96 valence electrons. The maximum atomic E-state index is 12.5. The number of aryl methyl sites for hydroxylation is 1. The molecule has 0 saturated carbocycles. The molecule has 4 rings (SSSR count). The van der Waals surface area contributed by atoms with Gasteiger partial charge in [-0.2, -0.15) is 0 Å². The van der Waals surface area contributed by atoms with E-state index in [1.54, 1.807) is 10.8 Å². The summed E-state index contributed by atoms with van der Waals surface area (Å²) in [6.07, 6.45) is 1.77. The van der Waals surface area contributed by atoms with E-state index in [0.717, 1.165) is 32.6 Å². The molecule has 2 aromatic heterocycles. The summed E-state index contributed by atoms with van der Waals surface area (Å²) in [6, 6.07) is 15.8. The van der Waals surface area contributed by atoms with Crippen molar-refractivity contribution in [2.75, 3.05) is 0 Å². The van der Waals surface area contributed by atoms with Crippen LogP contribution in [-0.4, -0.2) is 9.55 Å². The van der Waals surface area contributed by atoms with E-state index in [-0.39, 0.29) is 5.56 Å². The topological polar surface area (TPSA) is 34.9 Å². The molecule has 0 bridgehead atoms. The minimum Gasteiger partial charge on any atom is -0.309 e. The van der Waals surface area contributed by atoms with Crippen LogP contribution in [0.2, 0.25) is 0 Å². The summed E-state index contributed by atoms with van der Waals surface area (Å²) >= 11 is 0. The van der Waals surface area contributed by atoms with E-state index in [4.69, 9.17) is 0 Å². The van der Waals surface area contributed by atoms with Gasteiger partial charge in [0.1, 0.15) is 0 Å². The summed E-state index contributed by atoms with van der Waals surface area (Å²) in [4.78, 5) is 17.0. The number of fused-ring (bicyclic) bond motifs is 5. The third-order valence-electron chi connectivity index (χ3n) is 3.84. The van der Waals surface area contributed by atoms with Gasteiger partial charge in [-0.25, -0.2) is 0 Å². The molecule has 3 nitrogen and oxygen atoms in total. The number of hydrogen-bond acceptors (Lipinski definition) is 2. The van der Waals surface area contributed by atoms with Crippen molar-refractivity contribution >= 4 is 32.6 Å². The monoisotopic (exact) mass is 260 g/mol.